The zero-order valence-corrected chi connectivity index (χ0v) is 17.6. The summed E-state index contributed by atoms with van der Waals surface area (Å²) in [5, 5.41) is 3.90. The number of halogens is 1. The molecule has 30 heavy (non-hydrogen) atoms. The van der Waals surface area contributed by atoms with Gasteiger partial charge in [0.2, 0.25) is 11.8 Å². The van der Waals surface area contributed by atoms with Gasteiger partial charge in [-0.2, -0.15) is 0 Å². The molecule has 0 saturated heterocycles. The molecule has 0 aliphatic carbocycles. The van der Waals surface area contributed by atoms with Crippen LogP contribution >= 0.6 is 11.6 Å². The van der Waals surface area contributed by atoms with E-state index < -0.39 is 6.04 Å². The summed E-state index contributed by atoms with van der Waals surface area (Å²) in [6, 6.07) is 13.6. The van der Waals surface area contributed by atoms with Gasteiger partial charge in [-0.05, 0) is 36.8 Å². The van der Waals surface area contributed by atoms with Crippen molar-refractivity contribution in [2.75, 3.05) is 6.54 Å². The number of fused-ring (bicyclic) bond motifs is 1. The Morgan fingerprint density at radius 1 is 1.17 bits per heavy atom. The number of nitrogens with zero attached hydrogens (tertiary/aromatic N) is 2. The standard InChI is InChI=1S/C22H23ClN4O3/c1-3-27(13-20-25-18-7-5-4-6-17(18)22(30)26-20)21(29)12-19(24-14(2)28)15-8-10-16(23)11-9-15/h4-11,19H,3,12-13H2,1-2H3,(H,24,28)(H,25,26,30)/t19-/m1/s1. The van der Waals surface area contributed by atoms with E-state index in [1.807, 2.05) is 13.0 Å². The zero-order valence-electron chi connectivity index (χ0n) is 16.8. The van der Waals surface area contributed by atoms with Gasteiger partial charge in [0.1, 0.15) is 5.82 Å². The fourth-order valence-corrected chi connectivity index (χ4v) is 3.39. The largest absolute Gasteiger partial charge is 0.349 e. The lowest BCUT2D eigenvalue weighted by atomic mass is 10.0. The molecule has 0 saturated carbocycles. The van der Waals surface area contributed by atoms with Crippen molar-refractivity contribution in [1.29, 1.82) is 0 Å². The molecule has 3 aromatic rings. The molecule has 2 aromatic carbocycles. The predicted molar refractivity (Wildman–Crippen MR) is 116 cm³/mol. The molecule has 0 bridgehead atoms. The van der Waals surface area contributed by atoms with Crippen LogP contribution in [0.4, 0.5) is 0 Å². The molecular weight excluding hydrogens is 404 g/mol. The Bertz CT molecular complexity index is 1110. The van der Waals surface area contributed by atoms with E-state index in [1.165, 1.54) is 6.92 Å². The fourth-order valence-electron chi connectivity index (χ4n) is 3.26. The molecule has 1 heterocycles. The van der Waals surface area contributed by atoms with E-state index in [4.69, 9.17) is 11.6 Å². The van der Waals surface area contributed by atoms with E-state index in [1.54, 1.807) is 47.4 Å². The van der Waals surface area contributed by atoms with Crippen molar-refractivity contribution in [3.63, 3.8) is 0 Å². The van der Waals surface area contributed by atoms with Gasteiger partial charge < -0.3 is 15.2 Å². The molecule has 0 aliphatic rings. The maximum atomic E-state index is 13.0. The van der Waals surface area contributed by atoms with Crippen molar-refractivity contribution in [2.24, 2.45) is 0 Å². The van der Waals surface area contributed by atoms with Crippen LogP contribution in [-0.2, 0) is 16.1 Å². The molecule has 0 spiro atoms. The van der Waals surface area contributed by atoms with Crippen molar-refractivity contribution in [2.45, 2.75) is 32.9 Å². The molecule has 0 fully saturated rings. The van der Waals surface area contributed by atoms with Crippen LogP contribution in [-0.4, -0.2) is 33.2 Å². The second-order valence-electron chi connectivity index (χ2n) is 6.95. The number of amides is 2. The maximum absolute atomic E-state index is 13.0. The Labute approximate surface area is 179 Å². The van der Waals surface area contributed by atoms with Crippen LogP contribution in [0.25, 0.3) is 10.9 Å². The number of H-pyrrole nitrogens is 1. The van der Waals surface area contributed by atoms with E-state index in [0.29, 0.717) is 28.3 Å². The number of carbonyl (C=O) groups excluding carboxylic acids is 2. The summed E-state index contributed by atoms with van der Waals surface area (Å²) in [6.07, 6.45) is 0.0763. The summed E-state index contributed by atoms with van der Waals surface area (Å²) >= 11 is 5.95. The van der Waals surface area contributed by atoms with Gasteiger partial charge in [0.25, 0.3) is 5.56 Å². The molecule has 0 aliphatic heterocycles. The minimum atomic E-state index is -0.482. The van der Waals surface area contributed by atoms with Gasteiger partial charge in [0.15, 0.2) is 0 Å². The number of hydrogen-bond acceptors (Lipinski definition) is 4. The van der Waals surface area contributed by atoms with Gasteiger partial charge in [-0.15, -0.1) is 0 Å². The summed E-state index contributed by atoms with van der Waals surface area (Å²) in [5.74, 6) is 0.0183. The number of nitrogens with one attached hydrogen (secondary N) is 2. The monoisotopic (exact) mass is 426 g/mol. The molecule has 0 unspecified atom stereocenters. The second kappa shape index (κ2) is 9.54. The Hall–Kier alpha value is -3.19. The SMILES string of the molecule is CCN(Cc1nc2ccccc2c(=O)[nH]1)C(=O)C[C@@H](NC(C)=O)c1ccc(Cl)cc1. The Kier molecular flexibility index (Phi) is 6.84. The number of rotatable bonds is 7. The van der Waals surface area contributed by atoms with Crippen molar-refractivity contribution in [3.05, 3.63) is 75.3 Å². The lowest BCUT2D eigenvalue weighted by molar-refractivity contribution is -0.132. The number of para-hydroxylation sites is 1. The highest BCUT2D eigenvalue weighted by Gasteiger charge is 2.21. The topological polar surface area (TPSA) is 95.2 Å². The highest BCUT2D eigenvalue weighted by Crippen LogP contribution is 2.21. The average Bonchev–Trinajstić information content (AvgIpc) is 2.71. The van der Waals surface area contributed by atoms with Gasteiger partial charge in [0, 0.05) is 18.5 Å². The smallest absolute Gasteiger partial charge is 0.258 e. The first-order valence-electron chi connectivity index (χ1n) is 9.65. The summed E-state index contributed by atoms with van der Waals surface area (Å²) in [6.45, 7) is 3.87. The Balaban J connectivity index is 1.79. The first-order valence-corrected chi connectivity index (χ1v) is 10.0. The minimum absolute atomic E-state index is 0.0763. The van der Waals surface area contributed by atoms with Crippen LogP contribution < -0.4 is 10.9 Å². The Morgan fingerprint density at radius 3 is 2.53 bits per heavy atom. The van der Waals surface area contributed by atoms with E-state index in [2.05, 4.69) is 15.3 Å². The van der Waals surface area contributed by atoms with E-state index in [9.17, 15) is 14.4 Å². The average molecular weight is 427 g/mol. The molecule has 2 amide bonds. The van der Waals surface area contributed by atoms with Crippen LogP contribution in [0.3, 0.4) is 0 Å². The summed E-state index contributed by atoms with van der Waals surface area (Å²) in [5.41, 5.74) is 1.13. The third-order valence-electron chi connectivity index (χ3n) is 4.77. The van der Waals surface area contributed by atoms with Gasteiger partial charge in [-0.25, -0.2) is 4.98 Å². The highest BCUT2D eigenvalue weighted by molar-refractivity contribution is 6.30. The molecule has 156 valence electrons. The number of carbonyl (C=O) groups is 2. The summed E-state index contributed by atoms with van der Waals surface area (Å²) in [4.78, 5) is 45.7. The number of benzene rings is 2. The predicted octanol–water partition coefficient (Wildman–Crippen LogP) is 3.19. The molecular formula is C22H23ClN4O3. The summed E-state index contributed by atoms with van der Waals surface area (Å²) in [7, 11) is 0. The van der Waals surface area contributed by atoms with Crippen molar-refractivity contribution in [3.8, 4) is 0 Å². The quantitative estimate of drug-likeness (QED) is 0.606. The van der Waals surface area contributed by atoms with Crippen molar-refractivity contribution < 1.29 is 9.59 Å². The van der Waals surface area contributed by atoms with Gasteiger partial charge in [-0.3, -0.25) is 14.4 Å². The van der Waals surface area contributed by atoms with E-state index in [-0.39, 0.29) is 30.3 Å². The van der Waals surface area contributed by atoms with Gasteiger partial charge >= 0.3 is 0 Å². The number of aromatic amines is 1. The number of hydrogen-bond donors (Lipinski definition) is 2. The normalized spacial score (nSPS) is 11.8. The van der Waals surface area contributed by atoms with Crippen LogP contribution in [0.2, 0.25) is 5.02 Å². The van der Waals surface area contributed by atoms with E-state index in [0.717, 1.165) is 5.56 Å². The van der Waals surface area contributed by atoms with Crippen molar-refractivity contribution >= 4 is 34.3 Å². The molecule has 0 radical (unpaired) electrons. The van der Waals surface area contributed by atoms with Crippen molar-refractivity contribution in [1.82, 2.24) is 20.2 Å². The fraction of sp³-hybridized carbons (Fsp3) is 0.273. The molecule has 3 rings (SSSR count). The maximum Gasteiger partial charge on any atom is 0.258 e. The van der Waals surface area contributed by atoms with E-state index >= 15 is 0 Å². The van der Waals surface area contributed by atoms with Crippen LogP contribution in [0.1, 0.15) is 37.7 Å². The number of aromatic nitrogens is 2. The minimum Gasteiger partial charge on any atom is -0.349 e. The zero-order chi connectivity index (χ0) is 21.7. The third kappa shape index (κ3) is 5.24. The third-order valence-corrected chi connectivity index (χ3v) is 5.02. The molecule has 1 aromatic heterocycles. The molecule has 1 atom stereocenters. The first-order chi connectivity index (χ1) is 14.4. The second-order valence-corrected chi connectivity index (χ2v) is 7.38. The van der Waals surface area contributed by atoms with Crippen LogP contribution in [0, 0.1) is 0 Å². The lowest BCUT2D eigenvalue weighted by Gasteiger charge is -2.24. The highest BCUT2D eigenvalue weighted by atomic mass is 35.5. The molecule has 8 heteroatoms. The van der Waals surface area contributed by atoms with Crippen LogP contribution in [0.15, 0.2) is 53.3 Å². The Morgan fingerprint density at radius 2 is 1.87 bits per heavy atom. The lowest BCUT2D eigenvalue weighted by Crippen LogP contribution is -2.36. The van der Waals surface area contributed by atoms with Crippen LogP contribution in [0.5, 0.6) is 0 Å². The summed E-state index contributed by atoms with van der Waals surface area (Å²) < 4.78 is 0. The molecule has 2 N–H and O–H groups in total. The van der Waals surface area contributed by atoms with Gasteiger partial charge in [0.05, 0.1) is 29.9 Å². The van der Waals surface area contributed by atoms with Gasteiger partial charge in [-0.1, -0.05) is 35.9 Å². The first kappa shape index (κ1) is 21.5. The molecule has 7 nitrogen and oxygen atoms in total.